The molecular weight excluding hydrogens is 452 g/mol. The molecule has 6 nitrogen and oxygen atoms in total. The molecule has 1 fully saturated rings. The van der Waals surface area contributed by atoms with Gasteiger partial charge in [0.05, 0.1) is 18.2 Å². The third-order valence-corrected chi connectivity index (χ3v) is 8.45. The fourth-order valence-electron chi connectivity index (χ4n) is 4.32. The molecule has 3 aromatic rings. The van der Waals surface area contributed by atoms with Gasteiger partial charge in [0.2, 0.25) is 4.77 Å². The van der Waals surface area contributed by atoms with Crippen molar-refractivity contribution < 1.29 is 8.42 Å². The van der Waals surface area contributed by atoms with Crippen LogP contribution in [0.1, 0.15) is 39.7 Å². The largest absolute Gasteiger partial charge is 0.281 e. The highest BCUT2D eigenvalue weighted by Crippen LogP contribution is 2.28. The van der Waals surface area contributed by atoms with E-state index in [0.29, 0.717) is 17.9 Å². The average Bonchev–Trinajstić information content (AvgIpc) is 3.31. The Balaban J connectivity index is 1.75. The molecule has 0 bridgehead atoms. The van der Waals surface area contributed by atoms with Crippen molar-refractivity contribution in [2.75, 3.05) is 18.1 Å². The van der Waals surface area contributed by atoms with E-state index >= 15 is 0 Å². The number of nitrogens with zero attached hydrogens (tertiary/aromatic N) is 4. The maximum absolute atomic E-state index is 12.0. The van der Waals surface area contributed by atoms with Crippen molar-refractivity contribution in [1.82, 2.24) is 19.2 Å². The molecular formula is C25H32N4O2S2. The van der Waals surface area contributed by atoms with Crippen LogP contribution in [0.4, 0.5) is 0 Å². The summed E-state index contributed by atoms with van der Waals surface area (Å²) < 4.78 is 28.5. The Morgan fingerprint density at radius 1 is 1.09 bits per heavy atom. The molecule has 1 saturated heterocycles. The molecule has 1 aromatic heterocycles. The average molecular weight is 485 g/mol. The highest BCUT2D eigenvalue weighted by atomic mass is 32.2. The van der Waals surface area contributed by atoms with E-state index in [-0.39, 0.29) is 23.0 Å². The van der Waals surface area contributed by atoms with Crippen LogP contribution in [0.5, 0.6) is 0 Å². The zero-order chi connectivity index (χ0) is 23.8. The van der Waals surface area contributed by atoms with Crippen LogP contribution >= 0.6 is 12.2 Å². The zero-order valence-electron chi connectivity index (χ0n) is 19.7. The van der Waals surface area contributed by atoms with Crippen LogP contribution in [-0.4, -0.2) is 51.8 Å². The summed E-state index contributed by atoms with van der Waals surface area (Å²) in [5, 5.41) is 4.93. The van der Waals surface area contributed by atoms with Gasteiger partial charge < -0.3 is 0 Å². The van der Waals surface area contributed by atoms with Crippen molar-refractivity contribution in [3.8, 4) is 17.1 Å². The van der Waals surface area contributed by atoms with E-state index in [1.54, 1.807) is 0 Å². The van der Waals surface area contributed by atoms with Crippen molar-refractivity contribution in [2.24, 2.45) is 0 Å². The first-order valence-corrected chi connectivity index (χ1v) is 13.6. The SMILES string of the molecule is CCN(Cn1nc(-c2ccc(C(C)(C)C)cc2)n(-c2ccccc2)c1=S)[C@H]1CCS(=O)(=O)C1. The summed E-state index contributed by atoms with van der Waals surface area (Å²) in [7, 11) is -2.96. The number of benzene rings is 2. The van der Waals surface area contributed by atoms with Crippen molar-refractivity contribution in [3.05, 3.63) is 64.9 Å². The molecule has 0 spiro atoms. The Kier molecular flexibility index (Phi) is 6.62. The molecule has 0 unspecified atom stereocenters. The Hall–Kier alpha value is -2.29. The molecule has 0 radical (unpaired) electrons. The van der Waals surface area contributed by atoms with Gasteiger partial charge in [0.15, 0.2) is 15.7 Å². The van der Waals surface area contributed by atoms with Gasteiger partial charge in [0, 0.05) is 17.3 Å². The summed E-state index contributed by atoms with van der Waals surface area (Å²) in [5.41, 5.74) is 3.27. The second-order valence-corrected chi connectivity index (χ2v) is 12.3. The molecule has 176 valence electrons. The topological polar surface area (TPSA) is 60.1 Å². The molecule has 0 amide bonds. The molecule has 4 rings (SSSR count). The lowest BCUT2D eigenvalue weighted by atomic mass is 9.87. The number of rotatable bonds is 6. The van der Waals surface area contributed by atoms with E-state index in [1.165, 1.54) is 5.56 Å². The number of hydrogen-bond acceptors (Lipinski definition) is 5. The zero-order valence-corrected chi connectivity index (χ0v) is 21.4. The summed E-state index contributed by atoms with van der Waals surface area (Å²) in [6.45, 7) is 9.84. The molecule has 1 aliphatic rings. The minimum absolute atomic E-state index is 0.00158. The van der Waals surface area contributed by atoms with Crippen LogP contribution in [0, 0.1) is 4.77 Å². The van der Waals surface area contributed by atoms with Crippen LogP contribution in [0.25, 0.3) is 17.1 Å². The van der Waals surface area contributed by atoms with Crippen LogP contribution in [0.3, 0.4) is 0 Å². The Morgan fingerprint density at radius 3 is 2.30 bits per heavy atom. The Morgan fingerprint density at radius 2 is 1.76 bits per heavy atom. The molecule has 2 aromatic carbocycles. The predicted octanol–water partition coefficient (Wildman–Crippen LogP) is 4.83. The lowest BCUT2D eigenvalue weighted by molar-refractivity contribution is 0.164. The molecule has 8 heteroatoms. The van der Waals surface area contributed by atoms with Gasteiger partial charge in [-0.2, -0.15) is 0 Å². The van der Waals surface area contributed by atoms with Gasteiger partial charge in [0.1, 0.15) is 0 Å². The second-order valence-electron chi connectivity index (χ2n) is 9.71. The van der Waals surface area contributed by atoms with E-state index in [2.05, 4.69) is 56.9 Å². The number of para-hydroxylation sites is 1. The number of aromatic nitrogens is 3. The lowest BCUT2D eigenvalue weighted by Gasteiger charge is -2.26. The minimum atomic E-state index is -2.96. The van der Waals surface area contributed by atoms with Gasteiger partial charge in [0.25, 0.3) is 0 Å². The summed E-state index contributed by atoms with van der Waals surface area (Å²) in [4.78, 5) is 2.16. The molecule has 33 heavy (non-hydrogen) atoms. The molecule has 1 aliphatic heterocycles. The van der Waals surface area contributed by atoms with E-state index < -0.39 is 9.84 Å². The molecule has 1 atom stereocenters. The third-order valence-electron chi connectivity index (χ3n) is 6.31. The van der Waals surface area contributed by atoms with E-state index in [4.69, 9.17) is 17.3 Å². The Bertz CT molecular complexity index is 1270. The van der Waals surface area contributed by atoms with Gasteiger partial charge in [-0.25, -0.2) is 13.1 Å². The van der Waals surface area contributed by atoms with Crippen molar-refractivity contribution in [3.63, 3.8) is 0 Å². The fraction of sp³-hybridized carbons (Fsp3) is 0.440. The van der Waals surface area contributed by atoms with E-state index in [1.807, 2.05) is 39.6 Å². The predicted molar refractivity (Wildman–Crippen MR) is 136 cm³/mol. The summed E-state index contributed by atoms with van der Waals surface area (Å²) in [5.74, 6) is 1.24. The molecule has 0 aliphatic carbocycles. The first-order chi connectivity index (χ1) is 15.6. The van der Waals surface area contributed by atoms with Crippen LogP contribution in [0.2, 0.25) is 0 Å². The molecule has 2 heterocycles. The van der Waals surface area contributed by atoms with Gasteiger partial charge in [-0.15, -0.1) is 5.10 Å². The maximum Gasteiger partial charge on any atom is 0.204 e. The van der Waals surface area contributed by atoms with Crippen molar-refractivity contribution in [1.29, 1.82) is 0 Å². The van der Waals surface area contributed by atoms with E-state index in [0.717, 1.165) is 23.6 Å². The number of sulfone groups is 1. The highest BCUT2D eigenvalue weighted by Gasteiger charge is 2.32. The molecule has 0 saturated carbocycles. The summed E-state index contributed by atoms with van der Waals surface area (Å²) >= 11 is 5.88. The third kappa shape index (κ3) is 5.13. The first-order valence-electron chi connectivity index (χ1n) is 11.4. The second kappa shape index (κ2) is 9.16. The summed E-state index contributed by atoms with van der Waals surface area (Å²) in [6, 6.07) is 18.5. The minimum Gasteiger partial charge on any atom is -0.281 e. The Labute approximate surface area is 201 Å². The van der Waals surface area contributed by atoms with Crippen LogP contribution < -0.4 is 0 Å². The van der Waals surface area contributed by atoms with Crippen LogP contribution in [-0.2, 0) is 21.9 Å². The van der Waals surface area contributed by atoms with Crippen molar-refractivity contribution in [2.45, 2.75) is 52.2 Å². The maximum atomic E-state index is 12.0. The van der Waals surface area contributed by atoms with Gasteiger partial charge in [-0.3, -0.25) is 9.47 Å². The highest BCUT2D eigenvalue weighted by molar-refractivity contribution is 7.91. The van der Waals surface area contributed by atoms with Crippen molar-refractivity contribution >= 4 is 22.1 Å². The van der Waals surface area contributed by atoms with Gasteiger partial charge in [-0.05, 0) is 48.3 Å². The molecule has 0 N–H and O–H groups in total. The smallest absolute Gasteiger partial charge is 0.204 e. The van der Waals surface area contributed by atoms with Gasteiger partial charge >= 0.3 is 0 Å². The standard InChI is InChI=1S/C25H32N4O2S2/c1-5-27(22-15-16-33(30,31)17-22)18-28-24(32)29(21-9-7-6-8-10-21)23(26-28)19-11-13-20(14-12-19)25(2,3)4/h6-14,22H,5,15-18H2,1-4H3/t22-/m0/s1. The quantitative estimate of drug-likeness (QED) is 0.469. The monoisotopic (exact) mass is 484 g/mol. The lowest BCUT2D eigenvalue weighted by Crippen LogP contribution is -2.37. The van der Waals surface area contributed by atoms with Gasteiger partial charge in [-0.1, -0.05) is 70.2 Å². The number of hydrogen-bond donors (Lipinski definition) is 0. The van der Waals surface area contributed by atoms with Crippen LogP contribution in [0.15, 0.2) is 54.6 Å². The first kappa shape index (κ1) is 23.9. The normalized spacial score (nSPS) is 18.2. The fourth-order valence-corrected chi connectivity index (χ4v) is 6.38. The summed E-state index contributed by atoms with van der Waals surface area (Å²) in [6.07, 6.45) is 0.657. The van der Waals surface area contributed by atoms with E-state index in [9.17, 15) is 8.42 Å².